The molecule has 2 heteroatoms. The van der Waals surface area contributed by atoms with E-state index in [-0.39, 0.29) is 11.7 Å². The Balaban J connectivity index is 2.76. The van der Waals surface area contributed by atoms with Crippen LogP contribution in [0.5, 0.6) is 0 Å². The molecule has 0 heterocycles. The normalized spacial score (nSPS) is 35.2. The van der Waals surface area contributed by atoms with Crippen molar-refractivity contribution in [1.29, 1.82) is 0 Å². The van der Waals surface area contributed by atoms with Crippen LogP contribution in [-0.2, 0) is 4.79 Å². The predicted octanol–water partition coefficient (Wildman–Crippen LogP) is 1.46. The highest BCUT2D eigenvalue weighted by atomic mass is 16.3. The molecule has 2 nitrogen and oxygen atoms in total. The van der Waals surface area contributed by atoms with E-state index in [1.54, 1.807) is 19.1 Å². The van der Waals surface area contributed by atoms with Crippen molar-refractivity contribution in [3.8, 4) is 0 Å². The molecule has 0 aliphatic heterocycles. The van der Waals surface area contributed by atoms with Crippen LogP contribution in [0.1, 0.15) is 20.3 Å². The van der Waals surface area contributed by atoms with Gasteiger partial charge in [-0.05, 0) is 25.5 Å². The second-order valence-corrected chi connectivity index (χ2v) is 3.28. The Hall–Kier alpha value is -0.890. The topological polar surface area (TPSA) is 37.3 Å². The van der Waals surface area contributed by atoms with E-state index in [4.69, 9.17) is 0 Å². The maximum absolute atomic E-state index is 11.2. The van der Waals surface area contributed by atoms with Gasteiger partial charge in [-0.2, -0.15) is 0 Å². The third-order valence-corrected chi connectivity index (χ3v) is 2.09. The number of allylic oxidation sites excluding steroid dienone is 2. The smallest absolute Gasteiger partial charge is 0.165 e. The van der Waals surface area contributed by atoms with E-state index in [0.717, 1.165) is 6.42 Å². The Bertz CT molecular complexity index is 236. The van der Waals surface area contributed by atoms with Crippen LogP contribution >= 0.6 is 0 Å². The zero-order valence-electron chi connectivity index (χ0n) is 7.45. The van der Waals surface area contributed by atoms with Crippen molar-refractivity contribution in [2.75, 3.05) is 0 Å². The lowest BCUT2D eigenvalue weighted by Crippen LogP contribution is -2.30. The third-order valence-electron chi connectivity index (χ3n) is 2.09. The van der Waals surface area contributed by atoms with Gasteiger partial charge >= 0.3 is 0 Å². The maximum atomic E-state index is 11.2. The molecule has 0 saturated carbocycles. The lowest BCUT2D eigenvalue weighted by atomic mass is 9.91. The van der Waals surface area contributed by atoms with Gasteiger partial charge in [-0.1, -0.05) is 19.1 Å². The van der Waals surface area contributed by atoms with Gasteiger partial charge in [-0.3, -0.25) is 4.79 Å². The van der Waals surface area contributed by atoms with Gasteiger partial charge in [0.1, 0.15) is 0 Å². The van der Waals surface area contributed by atoms with E-state index < -0.39 is 5.60 Å². The van der Waals surface area contributed by atoms with E-state index in [9.17, 15) is 9.90 Å². The zero-order chi connectivity index (χ0) is 9.19. The second-order valence-electron chi connectivity index (χ2n) is 3.28. The van der Waals surface area contributed by atoms with E-state index in [1.165, 1.54) is 6.08 Å². The monoisotopic (exact) mass is 166 g/mol. The van der Waals surface area contributed by atoms with Crippen molar-refractivity contribution in [3.63, 3.8) is 0 Å². The molecule has 2 unspecified atom stereocenters. The molecule has 0 amide bonds. The van der Waals surface area contributed by atoms with Crippen molar-refractivity contribution in [3.05, 3.63) is 24.3 Å². The van der Waals surface area contributed by atoms with Gasteiger partial charge in [0.25, 0.3) is 0 Å². The molecule has 0 saturated heterocycles. The molecule has 1 aliphatic carbocycles. The average Bonchev–Trinajstić information content (AvgIpc) is 2.24. The molecular weight excluding hydrogens is 152 g/mol. The summed E-state index contributed by atoms with van der Waals surface area (Å²) >= 11 is 0. The maximum Gasteiger partial charge on any atom is 0.165 e. The first kappa shape index (κ1) is 9.20. The van der Waals surface area contributed by atoms with E-state index >= 15 is 0 Å². The molecule has 0 fully saturated rings. The fourth-order valence-electron chi connectivity index (χ4n) is 1.31. The summed E-state index contributed by atoms with van der Waals surface area (Å²) in [7, 11) is 0. The lowest BCUT2D eigenvalue weighted by molar-refractivity contribution is -0.119. The summed E-state index contributed by atoms with van der Waals surface area (Å²) in [5.74, 6) is -0.387. The summed E-state index contributed by atoms with van der Waals surface area (Å²) in [6.07, 6.45) is 7.58. The Morgan fingerprint density at radius 2 is 2.42 bits per heavy atom. The Kier molecular flexibility index (Phi) is 2.48. The number of ketones is 1. The highest BCUT2D eigenvalue weighted by molar-refractivity contribution is 5.97. The van der Waals surface area contributed by atoms with Crippen LogP contribution in [0, 0.1) is 5.92 Å². The van der Waals surface area contributed by atoms with Crippen LogP contribution in [0.15, 0.2) is 24.3 Å². The highest BCUT2D eigenvalue weighted by Gasteiger charge is 2.36. The van der Waals surface area contributed by atoms with Gasteiger partial charge in [0.2, 0.25) is 0 Å². The summed E-state index contributed by atoms with van der Waals surface area (Å²) in [4.78, 5) is 11.2. The molecule has 1 aliphatic rings. The van der Waals surface area contributed by atoms with E-state index in [0.29, 0.717) is 0 Å². The Morgan fingerprint density at radius 3 is 2.83 bits per heavy atom. The van der Waals surface area contributed by atoms with Crippen LogP contribution in [-0.4, -0.2) is 16.5 Å². The molecule has 12 heavy (non-hydrogen) atoms. The number of hydrogen-bond donors (Lipinski definition) is 1. The molecule has 66 valence electrons. The minimum Gasteiger partial charge on any atom is -0.385 e. The number of aliphatic hydroxyl groups is 1. The summed E-state index contributed by atoms with van der Waals surface area (Å²) in [6, 6.07) is 0. The predicted molar refractivity (Wildman–Crippen MR) is 47.7 cm³/mol. The van der Waals surface area contributed by atoms with Crippen LogP contribution in [0.2, 0.25) is 0 Å². The molecule has 0 bridgehead atoms. The summed E-state index contributed by atoms with van der Waals surface area (Å²) in [5.41, 5.74) is -0.983. The van der Waals surface area contributed by atoms with Crippen molar-refractivity contribution >= 4 is 5.78 Å². The summed E-state index contributed by atoms with van der Waals surface area (Å²) < 4.78 is 0. The van der Waals surface area contributed by atoms with Crippen molar-refractivity contribution in [1.82, 2.24) is 0 Å². The quantitative estimate of drug-likeness (QED) is 0.630. The van der Waals surface area contributed by atoms with Gasteiger partial charge in [0, 0.05) is 0 Å². The van der Waals surface area contributed by atoms with Gasteiger partial charge in [-0.25, -0.2) is 0 Å². The van der Waals surface area contributed by atoms with Gasteiger partial charge in [-0.15, -0.1) is 0 Å². The first-order valence-electron chi connectivity index (χ1n) is 4.20. The fraction of sp³-hybridized carbons (Fsp3) is 0.500. The standard InChI is InChI=1S/C10H14O2/c1-3-4-5-8-9(11)6-7-10(8,2)12/h4-8,12H,3H2,1-2H3. The molecule has 0 spiro atoms. The molecule has 0 aromatic rings. The summed E-state index contributed by atoms with van der Waals surface area (Å²) in [6.45, 7) is 3.65. The minimum atomic E-state index is -0.983. The van der Waals surface area contributed by atoms with E-state index in [1.807, 2.05) is 13.0 Å². The SMILES string of the molecule is CCC=CC1C(=O)C=CC1(C)O. The third kappa shape index (κ3) is 1.64. The zero-order valence-corrected chi connectivity index (χ0v) is 7.45. The molecular formula is C10H14O2. The van der Waals surface area contributed by atoms with Crippen molar-refractivity contribution in [2.24, 2.45) is 5.92 Å². The van der Waals surface area contributed by atoms with Crippen LogP contribution in [0.3, 0.4) is 0 Å². The highest BCUT2D eigenvalue weighted by Crippen LogP contribution is 2.27. The molecule has 0 radical (unpaired) electrons. The van der Waals surface area contributed by atoms with Gasteiger partial charge in [0.15, 0.2) is 5.78 Å². The minimum absolute atomic E-state index is 0.00954. The number of carbonyl (C=O) groups is 1. The van der Waals surface area contributed by atoms with Crippen molar-refractivity contribution < 1.29 is 9.90 Å². The van der Waals surface area contributed by atoms with Gasteiger partial charge in [0.05, 0.1) is 11.5 Å². The molecule has 1 rings (SSSR count). The Morgan fingerprint density at radius 1 is 1.75 bits per heavy atom. The molecule has 2 atom stereocenters. The van der Waals surface area contributed by atoms with Crippen LogP contribution in [0.25, 0.3) is 0 Å². The Labute approximate surface area is 72.6 Å². The first-order chi connectivity index (χ1) is 5.58. The first-order valence-corrected chi connectivity index (χ1v) is 4.20. The lowest BCUT2D eigenvalue weighted by Gasteiger charge is -2.20. The summed E-state index contributed by atoms with van der Waals surface area (Å²) in [5, 5.41) is 9.69. The average molecular weight is 166 g/mol. The van der Waals surface area contributed by atoms with Crippen LogP contribution in [0.4, 0.5) is 0 Å². The fourth-order valence-corrected chi connectivity index (χ4v) is 1.31. The molecule has 1 N–H and O–H groups in total. The second kappa shape index (κ2) is 3.23. The molecule has 0 aromatic heterocycles. The van der Waals surface area contributed by atoms with Crippen molar-refractivity contribution in [2.45, 2.75) is 25.9 Å². The largest absolute Gasteiger partial charge is 0.385 e. The number of rotatable bonds is 2. The number of hydrogen-bond acceptors (Lipinski definition) is 2. The van der Waals surface area contributed by atoms with E-state index in [2.05, 4.69) is 0 Å². The number of carbonyl (C=O) groups excluding carboxylic acids is 1. The van der Waals surface area contributed by atoms with Crippen LogP contribution < -0.4 is 0 Å². The van der Waals surface area contributed by atoms with Gasteiger partial charge < -0.3 is 5.11 Å². The molecule has 0 aromatic carbocycles.